The Bertz CT molecular complexity index is 718. The van der Waals surface area contributed by atoms with E-state index in [0.717, 1.165) is 0 Å². The van der Waals surface area contributed by atoms with Crippen molar-refractivity contribution < 1.29 is 14.3 Å². The molecule has 1 heterocycles. The third-order valence-corrected chi connectivity index (χ3v) is 3.62. The lowest BCUT2D eigenvalue weighted by molar-refractivity contribution is -0.125. The number of nitrogens with one attached hydrogen (secondary N) is 2. The lowest BCUT2D eigenvalue weighted by Crippen LogP contribution is -2.49. The Balaban J connectivity index is 1.64. The van der Waals surface area contributed by atoms with E-state index in [1.54, 1.807) is 12.1 Å². The zero-order chi connectivity index (χ0) is 16.8. The van der Waals surface area contributed by atoms with Crippen molar-refractivity contribution in [2.24, 2.45) is 0 Å². The first-order valence-corrected chi connectivity index (χ1v) is 7.81. The van der Waals surface area contributed by atoms with Gasteiger partial charge in [-0.05, 0) is 24.3 Å². The molecular formula is C18H19N3O3. The number of hydrogen-bond acceptors (Lipinski definition) is 4. The highest BCUT2D eigenvalue weighted by Crippen LogP contribution is 2.28. The van der Waals surface area contributed by atoms with Gasteiger partial charge in [0.2, 0.25) is 11.8 Å². The molecule has 124 valence electrons. The predicted octanol–water partition coefficient (Wildman–Crippen LogP) is 1.85. The average Bonchev–Trinajstić information content (AvgIpc) is 2.57. The molecule has 1 saturated heterocycles. The minimum Gasteiger partial charge on any atom is -0.455 e. The predicted molar refractivity (Wildman–Crippen MR) is 91.0 cm³/mol. The molecule has 2 aromatic rings. The van der Waals surface area contributed by atoms with Gasteiger partial charge in [0.15, 0.2) is 5.75 Å². The summed E-state index contributed by atoms with van der Waals surface area (Å²) in [5.74, 6) is 1.05. The van der Waals surface area contributed by atoms with E-state index in [4.69, 9.17) is 4.74 Å². The van der Waals surface area contributed by atoms with Gasteiger partial charge in [-0.25, -0.2) is 0 Å². The number of anilines is 1. The normalized spacial score (nSPS) is 14.8. The summed E-state index contributed by atoms with van der Waals surface area (Å²) in [7, 11) is 0. The van der Waals surface area contributed by atoms with Crippen molar-refractivity contribution in [1.29, 1.82) is 0 Å². The van der Waals surface area contributed by atoms with Gasteiger partial charge in [0.05, 0.1) is 18.8 Å². The molecule has 0 aliphatic carbocycles. The minimum absolute atomic E-state index is 0.0538. The molecule has 0 spiro atoms. The molecule has 6 heteroatoms. The van der Waals surface area contributed by atoms with E-state index in [9.17, 15) is 9.59 Å². The van der Waals surface area contributed by atoms with Crippen LogP contribution in [0.3, 0.4) is 0 Å². The lowest BCUT2D eigenvalue weighted by atomic mass is 10.2. The summed E-state index contributed by atoms with van der Waals surface area (Å²) in [6.45, 7) is 1.66. The van der Waals surface area contributed by atoms with Gasteiger partial charge in [0.1, 0.15) is 5.75 Å². The molecule has 2 aromatic carbocycles. The van der Waals surface area contributed by atoms with Crippen molar-refractivity contribution in [3.05, 3.63) is 54.6 Å². The van der Waals surface area contributed by atoms with Crippen LogP contribution in [-0.4, -0.2) is 42.9 Å². The average molecular weight is 325 g/mol. The number of ether oxygens (including phenoxy) is 1. The van der Waals surface area contributed by atoms with Crippen LogP contribution < -0.4 is 15.4 Å². The van der Waals surface area contributed by atoms with Gasteiger partial charge in [-0.15, -0.1) is 0 Å². The van der Waals surface area contributed by atoms with E-state index in [-0.39, 0.29) is 24.9 Å². The maximum absolute atomic E-state index is 12.3. The molecule has 1 aliphatic rings. The van der Waals surface area contributed by atoms with E-state index in [0.29, 0.717) is 30.3 Å². The lowest BCUT2D eigenvalue weighted by Gasteiger charge is -2.25. The van der Waals surface area contributed by atoms with Crippen LogP contribution in [0.1, 0.15) is 0 Å². The van der Waals surface area contributed by atoms with Gasteiger partial charge in [0, 0.05) is 13.1 Å². The first-order chi connectivity index (χ1) is 11.7. The van der Waals surface area contributed by atoms with Crippen LogP contribution in [0.4, 0.5) is 5.69 Å². The zero-order valence-electron chi connectivity index (χ0n) is 13.2. The van der Waals surface area contributed by atoms with E-state index < -0.39 is 0 Å². The summed E-state index contributed by atoms with van der Waals surface area (Å²) < 4.78 is 5.82. The van der Waals surface area contributed by atoms with Crippen molar-refractivity contribution in [3.63, 3.8) is 0 Å². The summed E-state index contributed by atoms with van der Waals surface area (Å²) in [4.78, 5) is 25.4. The molecular weight excluding hydrogens is 306 g/mol. The number of amides is 2. The van der Waals surface area contributed by atoms with E-state index in [2.05, 4.69) is 10.6 Å². The molecule has 0 bridgehead atoms. The van der Waals surface area contributed by atoms with Crippen LogP contribution in [0.25, 0.3) is 0 Å². The van der Waals surface area contributed by atoms with Gasteiger partial charge in [-0.2, -0.15) is 0 Å². The Morgan fingerprint density at radius 2 is 1.88 bits per heavy atom. The third kappa shape index (κ3) is 4.33. The molecule has 0 aromatic heterocycles. The highest BCUT2D eigenvalue weighted by atomic mass is 16.5. The van der Waals surface area contributed by atoms with Gasteiger partial charge in [-0.3, -0.25) is 14.5 Å². The van der Waals surface area contributed by atoms with Gasteiger partial charge in [0.25, 0.3) is 0 Å². The molecule has 0 atom stereocenters. The second kappa shape index (κ2) is 7.61. The molecule has 24 heavy (non-hydrogen) atoms. The molecule has 3 rings (SSSR count). The maximum atomic E-state index is 12.3. The number of carbonyl (C=O) groups is 2. The van der Waals surface area contributed by atoms with Gasteiger partial charge >= 0.3 is 0 Å². The van der Waals surface area contributed by atoms with Crippen molar-refractivity contribution >= 4 is 17.5 Å². The fraction of sp³-hybridized carbons (Fsp3) is 0.222. The Kier molecular flexibility index (Phi) is 5.08. The smallest absolute Gasteiger partial charge is 0.238 e. The second-order valence-corrected chi connectivity index (χ2v) is 5.52. The maximum Gasteiger partial charge on any atom is 0.238 e. The van der Waals surface area contributed by atoms with Crippen LogP contribution in [-0.2, 0) is 9.59 Å². The number of benzene rings is 2. The minimum atomic E-state index is -0.172. The van der Waals surface area contributed by atoms with E-state index >= 15 is 0 Å². The fourth-order valence-corrected chi connectivity index (χ4v) is 2.49. The van der Waals surface area contributed by atoms with Crippen molar-refractivity contribution in [2.45, 2.75) is 0 Å². The first kappa shape index (κ1) is 16.0. The molecule has 1 fully saturated rings. The van der Waals surface area contributed by atoms with Crippen molar-refractivity contribution in [3.8, 4) is 11.5 Å². The highest BCUT2D eigenvalue weighted by Gasteiger charge is 2.19. The van der Waals surface area contributed by atoms with Crippen LogP contribution >= 0.6 is 0 Å². The Morgan fingerprint density at radius 3 is 2.67 bits per heavy atom. The number of nitrogens with zero attached hydrogens (tertiary/aromatic N) is 1. The Labute approximate surface area is 140 Å². The number of rotatable bonds is 5. The Morgan fingerprint density at radius 1 is 1.12 bits per heavy atom. The summed E-state index contributed by atoms with van der Waals surface area (Å²) in [6.07, 6.45) is 0. The number of carbonyl (C=O) groups excluding carboxylic acids is 2. The van der Waals surface area contributed by atoms with E-state index in [1.807, 2.05) is 47.4 Å². The molecule has 1 aliphatic heterocycles. The molecule has 0 unspecified atom stereocenters. The van der Waals surface area contributed by atoms with Crippen LogP contribution in [0.15, 0.2) is 54.6 Å². The van der Waals surface area contributed by atoms with Crippen molar-refractivity contribution in [1.82, 2.24) is 10.2 Å². The molecule has 2 amide bonds. The van der Waals surface area contributed by atoms with Gasteiger partial charge in [-0.1, -0.05) is 30.3 Å². The third-order valence-electron chi connectivity index (χ3n) is 3.62. The van der Waals surface area contributed by atoms with Crippen LogP contribution in [0, 0.1) is 0 Å². The summed E-state index contributed by atoms with van der Waals surface area (Å²) in [6, 6.07) is 16.7. The quantitative estimate of drug-likeness (QED) is 0.880. The monoisotopic (exact) mass is 325 g/mol. The summed E-state index contributed by atoms with van der Waals surface area (Å²) in [5, 5.41) is 5.59. The highest BCUT2D eigenvalue weighted by molar-refractivity contribution is 5.94. The topological polar surface area (TPSA) is 70.7 Å². The van der Waals surface area contributed by atoms with Gasteiger partial charge < -0.3 is 15.4 Å². The standard InChI is InChI=1S/C18H19N3O3/c22-17-12-21(11-10-19-17)13-18(23)20-15-8-4-5-9-16(15)24-14-6-2-1-3-7-14/h1-9H,10-13H2,(H,19,22)(H,20,23). The number of hydrogen-bond donors (Lipinski definition) is 2. The fourth-order valence-electron chi connectivity index (χ4n) is 2.49. The summed E-state index contributed by atoms with van der Waals surface area (Å²) >= 11 is 0. The molecule has 6 nitrogen and oxygen atoms in total. The Hall–Kier alpha value is -2.86. The zero-order valence-corrected chi connectivity index (χ0v) is 13.2. The first-order valence-electron chi connectivity index (χ1n) is 7.81. The summed E-state index contributed by atoms with van der Waals surface area (Å²) in [5.41, 5.74) is 0.604. The van der Waals surface area contributed by atoms with E-state index in [1.165, 1.54) is 0 Å². The van der Waals surface area contributed by atoms with Crippen LogP contribution in [0.2, 0.25) is 0 Å². The second-order valence-electron chi connectivity index (χ2n) is 5.52. The SMILES string of the molecule is O=C1CN(CC(=O)Nc2ccccc2Oc2ccccc2)CCN1. The molecule has 0 radical (unpaired) electrons. The van der Waals surface area contributed by atoms with Crippen molar-refractivity contribution in [2.75, 3.05) is 31.5 Å². The molecule has 2 N–H and O–H groups in total. The molecule has 0 saturated carbocycles. The number of para-hydroxylation sites is 3. The van der Waals surface area contributed by atoms with Crippen LogP contribution in [0.5, 0.6) is 11.5 Å². The largest absolute Gasteiger partial charge is 0.455 e. The number of piperazine rings is 1.